The quantitative estimate of drug-likeness (QED) is 0.153. The van der Waals surface area contributed by atoms with Crippen LogP contribution in [0.5, 0.6) is 0 Å². The number of nitrogens with zero attached hydrogens (tertiary/aromatic N) is 4. The lowest BCUT2D eigenvalue weighted by atomic mass is 9.92. The minimum Gasteiger partial charge on any atom is -0.383 e. The fraction of sp³-hybridized carbons (Fsp3) is 0.324. The number of hydrogen-bond acceptors (Lipinski definition) is 8. The summed E-state index contributed by atoms with van der Waals surface area (Å²) in [5.41, 5.74) is 10.1. The van der Waals surface area contributed by atoms with E-state index in [1.807, 2.05) is 43.3 Å². The number of alkyl halides is 3. The summed E-state index contributed by atoms with van der Waals surface area (Å²) in [6, 6.07) is 14.9. The van der Waals surface area contributed by atoms with Crippen LogP contribution in [0.25, 0.3) is 22.0 Å². The molecule has 0 spiro atoms. The highest BCUT2D eigenvalue weighted by atomic mass is 35.5. The lowest BCUT2D eigenvalue weighted by Gasteiger charge is -2.28. The number of aromatic nitrogens is 2. The van der Waals surface area contributed by atoms with Gasteiger partial charge in [0.05, 0.1) is 33.5 Å². The Bertz CT molecular complexity index is 1860. The zero-order chi connectivity index (χ0) is 32.9. The van der Waals surface area contributed by atoms with E-state index in [9.17, 15) is 18.4 Å². The number of nitriles is 1. The highest BCUT2D eigenvalue weighted by Crippen LogP contribution is 2.54. The van der Waals surface area contributed by atoms with E-state index in [0.717, 1.165) is 27.3 Å². The molecular formula is C34H34ClF3N8. The maximum atomic E-state index is 14.1. The molecule has 2 aliphatic rings. The van der Waals surface area contributed by atoms with Gasteiger partial charge in [-0.25, -0.2) is 0 Å². The zero-order valence-corrected chi connectivity index (χ0v) is 26.6. The molecule has 3 heterocycles. The Morgan fingerprint density at radius 3 is 2.52 bits per heavy atom. The van der Waals surface area contributed by atoms with E-state index in [2.05, 4.69) is 58.4 Å². The molecule has 1 saturated carbocycles. The van der Waals surface area contributed by atoms with Gasteiger partial charge in [-0.2, -0.15) is 18.4 Å². The normalized spacial score (nSPS) is 16.4. The summed E-state index contributed by atoms with van der Waals surface area (Å²) in [6.45, 7) is 8.86. The lowest BCUT2D eigenvalue weighted by molar-refractivity contribution is -0.195. The van der Waals surface area contributed by atoms with Gasteiger partial charge in [-0.05, 0) is 71.7 Å². The van der Waals surface area contributed by atoms with E-state index in [-0.39, 0.29) is 18.3 Å². The van der Waals surface area contributed by atoms with Gasteiger partial charge in [-0.15, -0.1) is 5.53 Å². The second kappa shape index (κ2) is 11.7. The molecule has 0 bridgehead atoms. The van der Waals surface area contributed by atoms with E-state index in [1.165, 1.54) is 12.4 Å². The fourth-order valence-electron chi connectivity index (χ4n) is 5.76. The van der Waals surface area contributed by atoms with Gasteiger partial charge in [-0.1, -0.05) is 50.6 Å². The van der Waals surface area contributed by atoms with Crippen LogP contribution >= 0.6 is 11.6 Å². The third kappa shape index (κ3) is 5.90. The fourth-order valence-corrected chi connectivity index (χ4v) is 6.03. The van der Waals surface area contributed by atoms with Crippen molar-refractivity contribution in [3.05, 3.63) is 94.7 Å². The van der Waals surface area contributed by atoms with Crippen LogP contribution < -0.4 is 21.6 Å². The first kappa shape index (κ1) is 31.5. The number of fused-ring (bicyclic) bond motifs is 1. The lowest BCUT2D eigenvalue weighted by Crippen LogP contribution is -2.52. The van der Waals surface area contributed by atoms with Crippen LogP contribution in [0.15, 0.2) is 73.0 Å². The average molecular weight is 647 g/mol. The minimum absolute atomic E-state index is 0.00244. The van der Waals surface area contributed by atoms with Crippen molar-refractivity contribution in [2.24, 2.45) is 5.41 Å². The van der Waals surface area contributed by atoms with Crippen LogP contribution in [0, 0.1) is 23.7 Å². The second-order valence-corrected chi connectivity index (χ2v) is 13.4. The smallest absolute Gasteiger partial charge is 0.383 e. The number of benzene rings is 2. The number of halogens is 4. The molecule has 0 amide bonds. The van der Waals surface area contributed by atoms with Crippen molar-refractivity contribution in [1.82, 2.24) is 25.9 Å². The Kier molecular flexibility index (Phi) is 7.99. The van der Waals surface area contributed by atoms with Crippen LogP contribution in [0.4, 0.5) is 24.5 Å². The van der Waals surface area contributed by atoms with Gasteiger partial charge in [0.15, 0.2) is 5.54 Å². The van der Waals surface area contributed by atoms with Gasteiger partial charge in [0.1, 0.15) is 6.07 Å². The molecule has 46 heavy (non-hydrogen) atoms. The van der Waals surface area contributed by atoms with Gasteiger partial charge in [-0.3, -0.25) is 15.0 Å². The Labute approximate surface area is 270 Å². The predicted octanol–water partition coefficient (Wildman–Crippen LogP) is 8.00. The Morgan fingerprint density at radius 2 is 1.87 bits per heavy atom. The molecule has 1 aliphatic heterocycles. The first-order valence-electron chi connectivity index (χ1n) is 14.9. The van der Waals surface area contributed by atoms with Crippen molar-refractivity contribution in [3.63, 3.8) is 0 Å². The highest BCUT2D eigenvalue weighted by molar-refractivity contribution is 6.35. The Morgan fingerprint density at radius 1 is 1.13 bits per heavy atom. The van der Waals surface area contributed by atoms with E-state index < -0.39 is 17.8 Å². The summed E-state index contributed by atoms with van der Waals surface area (Å²) in [5, 5.41) is 19.0. The third-order valence-corrected chi connectivity index (χ3v) is 8.73. The number of anilines is 2. The predicted molar refractivity (Wildman–Crippen MR) is 174 cm³/mol. The number of rotatable bonds is 8. The van der Waals surface area contributed by atoms with Gasteiger partial charge < -0.3 is 16.1 Å². The highest BCUT2D eigenvalue weighted by Gasteiger charge is 2.67. The minimum atomic E-state index is -4.40. The van der Waals surface area contributed by atoms with Crippen molar-refractivity contribution in [2.45, 2.75) is 58.3 Å². The van der Waals surface area contributed by atoms with Crippen LogP contribution in [0.2, 0.25) is 5.02 Å². The van der Waals surface area contributed by atoms with Gasteiger partial charge in [0.25, 0.3) is 0 Å². The molecule has 1 atom stereocenters. The molecule has 1 aliphatic carbocycles. The molecule has 0 unspecified atom stereocenters. The van der Waals surface area contributed by atoms with Crippen molar-refractivity contribution < 1.29 is 13.2 Å². The largest absolute Gasteiger partial charge is 0.413 e. The molecule has 6 rings (SSSR count). The summed E-state index contributed by atoms with van der Waals surface area (Å²) in [7, 11) is 0. The molecule has 238 valence electrons. The maximum absolute atomic E-state index is 14.1. The summed E-state index contributed by atoms with van der Waals surface area (Å²) in [6.07, 6.45) is 2.04. The SMILES string of the molecule is Cc1c(-c2ccncc2)cccc1[C@H](Nc1cc(Cl)c2ncc(C#N)c(NCC(C)(C)C)c2c1)C1=CN(C2(C(F)(F)F)CC2)NN1. The molecule has 2 aromatic heterocycles. The molecule has 2 aromatic carbocycles. The molecule has 1 fully saturated rings. The van der Waals surface area contributed by atoms with Crippen LogP contribution in [0.1, 0.15) is 56.3 Å². The van der Waals surface area contributed by atoms with E-state index in [0.29, 0.717) is 45.1 Å². The molecule has 0 radical (unpaired) electrons. The number of nitrogens with one attached hydrogen (secondary N) is 4. The first-order chi connectivity index (χ1) is 21.8. The molecule has 4 aromatic rings. The number of pyridine rings is 2. The van der Waals surface area contributed by atoms with Gasteiger partial charge in [0, 0.05) is 42.4 Å². The molecule has 12 heteroatoms. The molecule has 0 saturated heterocycles. The molecule has 4 N–H and O–H groups in total. The van der Waals surface area contributed by atoms with Crippen molar-refractivity contribution >= 4 is 33.9 Å². The topological polar surface area (TPSA) is 101 Å². The van der Waals surface area contributed by atoms with Crippen molar-refractivity contribution in [1.29, 1.82) is 5.26 Å². The third-order valence-electron chi connectivity index (χ3n) is 8.44. The van der Waals surface area contributed by atoms with Gasteiger partial charge in [0.2, 0.25) is 0 Å². The summed E-state index contributed by atoms with van der Waals surface area (Å²) < 4.78 is 42.2. The van der Waals surface area contributed by atoms with Crippen molar-refractivity contribution in [3.8, 4) is 17.2 Å². The van der Waals surface area contributed by atoms with Crippen molar-refractivity contribution in [2.75, 3.05) is 17.2 Å². The van der Waals surface area contributed by atoms with E-state index >= 15 is 0 Å². The first-order valence-corrected chi connectivity index (χ1v) is 15.3. The number of hydrazine groups is 2. The van der Waals surface area contributed by atoms with Crippen LogP contribution in [-0.2, 0) is 0 Å². The summed E-state index contributed by atoms with van der Waals surface area (Å²) in [5.74, 6) is 0. The number of hydrogen-bond donors (Lipinski definition) is 4. The maximum Gasteiger partial charge on any atom is 0.413 e. The van der Waals surface area contributed by atoms with Crippen LogP contribution in [-0.4, -0.2) is 33.2 Å². The van der Waals surface area contributed by atoms with Gasteiger partial charge >= 0.3 is 6.18 Å². The monoisotopic (exact) mass is 646 g/mol. The van der Waals surface area contributed by atoms with Crippen LogP contribution in [0.3, 0.4) is 0 Å². The summed E-state index contributed by atoms with van der Waals surface area (Å²) in [4.78, 5) is 8.60. The molecule has 8 nitrogen and oxygen atoms in total. The van der Waals surface area contributed by atoms with E-state index in [1.54, 1.807) is 18.5 Å². The van der Waals surface area contributed by atoms with E-state index in [4.69, 9.17) is 11.6 Å². The standard InChI is InChI=1S/C34H34ClF3N8/c1-20-24(21-8-12-40-13-9-21)6-5-7-25(20)31(28-18-46(45-44-28)33(10-11-33)34(36,37)38)43-23-14-26-29(42-19-32(2,3)4)22(16-39)17-41-30(26)27(35)15-23/h5-9,12-15,17-18,31,43-45H,10-11,19H2,1-4H3,(H,41,42)/t31-/m0/s1. The summed E-state index contributed by atoms with van der Waals surface area (Å²) >= 11 is 6.79. The Balaban J connectivity index is 1.46. The zero-order valence-electron chi connectivity index (χ0n) is 25.9. The Hall–Kier alpha value is -4.53. The average Bonchev–Trinajstić information content (AvgIpc) is 3.70. The molecular weight excluding hydrogens is 613 g/mol. The second-order valence-electron chi connectivity index (χ2n) is 13.0.